The summed E-state index contributed by atoms with van der Waals surface area (Å²) in [6.07, 6.45) is -0.157. The van der Waals surface area contributed by atoms with Gasteiger partial charge < -0.3 is 10.1 Å². The highest BCUT2D eigenvalue weighted by atomic mass is 16.5. The van der Waals surface area contributed by atoms with E-state index in [-0.39, 0.29) is 18.2 Å². The van der Waals surface area contributed by atoms with Crippen LogP contribution < -0.4 is 21.7 Å². The fraction of sp³-hybridized carbons (Fsp3) is 0.261. The molecule has 3 rings (SSSR count). The number of hydrogen-bond acceptors (Lipinski definition) is 6. The second-order valence-electron chi connectivity index (χ2n) is 7.46. The fourth-order valence-electron chi connectivity index (χ4n) is 3.14. The number of nitrogens with one attached hydrogen (secondary N) is 4. The van der Waals surface area contributed by atoms with Gasteiger partial charge in [0.05, 0.1) is 5.39 Å². The maximum Gasteiger partial charge on any atom is 0.408 e. The average molecular weight is 451 g/mol. The highest BCUT2D eigenvalue weighted by Gasteiger charge is 2.27. The molecule has 2 aromatic carbocycles. The number of amides is 3. The van der Waals surface area contributed by atoms with Crippen molar-refractivity contribution >= 4 is 28.7 Å². The molecule has 0 fully saturated rings. The molecular weight excluding hydrogens is 426 g/mol. The first-order chi connectivity index (χ1) is 15.9. The molecule has 0 unspecified atom stereocenters. The van der Waals surface area contributed by atoms with Crippen LogP contribution in [-0.2, 0) is 16.1 Å². The number of aromatic amines is 1. The largest absolute Gasteiger partial charge is 0.445 e. The van der Waals surface area contributed by atoms with Gasteiger partial charge in [-0.2, -0.15) is 5.10 Å². The molecule has 4 N–H and O–H groups in total. The number of rotatable bonds is 7. The van der Waals surface area contributed by atoms with E-state index in [1.165, 1.54) is 0 Å². The number of hydrazine groups is 1. The van der Waals surface area contributed by atoms with Crippen LogP contribution >= 0.6 is 0 Å². The molecule has 10 nitrogen and oxygen atoms in total. The van der Waals surface area contributed by atoms with Crippen LogP contribution in [0.25, 0.3) is 10.8 Å². The van der Waals surface area contributed by atoms with Crippen molar-refractivity contribution in [3.63, 3.8) is 0 Å². The van der Waals surface area contributed by atoms with Crippen LogP contribution in [0.1, 0.15) is 36.3 Å². The third-order valence-corrected chi connectivity index (χ3v) is 5.19. The lowest BCUT2D eigenvalue weighted by Crippen LogP contribution is -2.54. The molecule has 0 radical (unpaired) electrons. The molecule has 2 atom stereocenters. The summed E-state index contributed by atoms with van der Waals surface area (Å²) >= 11 is 0. The van der Waals surface area contributed by atoms with Crippen LogP contribution in [0.4, 0.5) is 4.79 Å². The molecule has 0 saturated heterocycles. The number of nitrogens with zero attached hydrogens (tertiary/aromatic N) is 1. The van der Waals surface area contributed by atoms with Crippen LogP contribution in [0.5, 0.6) is 0 Å². The van der Waals surface area contributed by atoms with Crippen molar-refractivity contribution in [2.24, 2.45) is 5.92 Å². The van der Waals surface area contributed by atoms with Crippen LogP contribution in [0.2, 0.25) is 0 Å². The SMILES string of the molecule is CC[C@H](C)[C@H](NC(=O)OCc1ccccc1)C(=O)NNC(=O)c1n[nH]c(=O)c2ccccc12. The monoisotopic (exact) mass is 451 g/mol. The van der Waals surface area contributed by atoms with Crippen LogP contribution in [0.3, 0.4) is 0 Å². The average Bonchev–Trinajstić information content (AvgIpc) is 2.85. The number of benzene rings is 2. The Bertz CT molecular complexity index is 1190. The first-order valence-corrected chi connectivity index (χ1v) is 10.5. The Labute approximate surface area is 189 Å². The molecule has 0 aliphatic heterocycles. The second-order valence-corrected chi connectivity index (χ2v) is 7.46. The topological polar surface area (TPSA) is 142 Å². The van der Waals surface area contributed by atoms with Crippen molar-refractivity contribution in [3.8, 4) is 0 Å². The summed E-state index contributed by atoms with van der Waals surface area (Å²) in [5, 5.41) is 9.24. The molecule has 3 aromatic rings. The maximum atomic E-state index is 12.7. The van der Waals surface area contributed by atoms with E-state index in [1.54, 1.807) is 31.2 Å². The molecule has 33 heavy (non-hydrogen) atoms. The molecule has 0 aliphatic carbocycles. The quantitative estimate of drug-likeness (QED) is 0.405. The zero-order chi connectivity index (χ0) is 23.8. The van der Waals surface area contributed by atoms with Crippen LogP contribution in [-0.4, -0.2) is 34.1 Å². The van der Waals surface area contributed by atoms with Crippen LogP contribution in [0.15, 0.2) is 59.4 Å². The second kappa shape index (κ2) is 10.9. The van der Waals surface area contributed by atoms with E-state index in [2.05, 4.69) is 26.4 Å². The van der Waals surface area contributed by atoms with Gasteiger partial charge in [0.2, 0.25) is 0 Å². The maximum absolute atomic E-state index is 12.7. The summed E-state index contributed by atoms with van der Waals surface area (Å²) in [5.41, 5.74) is 4.93. The summed E-state index contributed by atoms with van der Waals surface area (Å²) < 4.78 is 5.20. The summed E-state index contributed by atoms with van der Waals surface area (Å²) in [6, 6.07) is 14.7. The number of carbonyl (C=O) groups excluding carboxylic acids is 3. The Morgan fingerprint density at radius 3 is 2.36 bits per heavy atom. The van der Waals surface area contributed by atoms with Gasteiger partial charge in [-0.1, -0.05) is 68.8 Å². The minimum absolute atomic E-state index is 0.0548. The Balaban J connectivity index is 1.63. The van der Waals surface area contributed by atoms with E-state index in [0.29, 0.717) is 17.2 Å². The zero-order valence-corrected chi connectivity index (χ0v) is 18.3. The van der Waals surface area contributed by atoms with Crippen molar-refractivity contribution < 1.29 is 19.1 Å². The predicted octanol–water partition coefficient (Wildman–Crippen LogP) is 2.03. The predicted molar refractivity (Wildman–Crippen MR) is 121 cm³/mol. The zero-order valence-electron chi connectivity index (χ0n) is 18.3. The number of H-pyrrole nitrogens is 1. The van der Waals surface area contributed by atoms with E-state index < -0.39 is 29.5 Å². The number of aromatic nitrogens is 2. The Kier molecular flexibility index (Phi) is 7.74. The third-order valence-electron chi connectivity index (χ3n) is 5.19. The van der Waals surface area contributed by atoms with Crippen molar-refractivity contribution in [1.29, 1.82) is 0 Å². The molecule has 1 heterocycles. The summed E-state index contributed by atoms with van der Waals surface area (Å²) in [5.74, 6) is -1.58. The van der Waals surface area contributed by atoms with Gasteiger partial charge in [-0.05, 0) is 17.5 Å². The highest BCUT2D eigenvalue weighted by Crippen LogP contribution is 2.12. The minimum Gasteiger partial charge on any atom is -0.445 e. The molecule has 0 spiro atoms. The van der Waals surface area contributed by atoms with Gasteiger partial charge in [0, 0.05) is 5.39 Å². The van der Waals surface area contributed by atoms with Gasteiger partial charge in [-0.15, -0.1) is 0 Å². The number of alkyl carbamates (subject to hydrolysis) is 1. The lowest BCUT2D eigenvalue weighted by atomic mass is 9.99. The van der Waals surface area contributed by atoms with E-state index >= 15 is 0 Å². The van der Waals surface area contributed by atoms with Gasteiger partial charge in [0.1, 0.15) is 12.6 Å². The standard InChI is InChI=1S/C23H25N5O5/c1-3-14(2)18(24-23(32)33-13-15-9-5-4-6-10-15)21(30)27-28-22(31)19-16-11-7-8-12-17(16)20(29)26-25-19/h4-12,14,18H,3,13H2,1-2H3,(H,24,32)(H,26,29)(H,27,30)(H,28,31)/t14-,18-/m0/s1. The summed E-state index contributed by atoms with van der Waals surface area (Å²) in [6.45, 7) is 3.72. The molecule has 1 aromatic heterocycles. The van der Waals surface area contributed by atoms with Gasteiger partial charge in [-0.3, -0.25) is 25.2 Å². The number of hydrogen-bond donors (Lipinski definition) is 4. The van der Waals surface area contributed by atoms with Gasteiger partial charge in [0.25, 0.3) is 17.4 Å². The lowest BCUT2D eigenvalue weighted by Gasteiger charge is -2.23. The van der Waals surface area contributed by atoms with Gasteiger partial charge >= 0.3 is 6.09 Å². The first-order valence-electron chi connectivity index (χ1n) is 10.5. The van der Waals surface area contributed by atoms with Crippen molar-refractivity contribution in [3.05, 3.63) is 76.2 Å². The number of fused-ring (bicyclic) bond motifs is 1. The van der Waals surface area contributed by atoms with Crippen molar-refractivity contribution in [2.45, 2.75) is 32.9 Å². The van der Waals surface area contributed by atoms with Crippen molar-refractivity contribution in [2.75, 3.05) is 0 Å². The molecular formula is C23H25N5O5. The molecule has 0 bridgehead atoms. The molecule has 3 amide bonds. The molecule has 0 saturated carbocycles. The summed E-state index contributed by atoms with van der Waals surface area (Å²) in [4.78, 5) is 49.5. The van der Waals surface area contributed by atoms with Gasteiger partial charge in [0.15, 0.2) is 5.69 Å². The van der Waals surface area contributed by atoms with Gasteiger partial charge in [-0.25, -0.2) is 9.89 Å². The Hall–Kier alpha value is -4.21. The van der Waals surface area contributed by atoms with E-state index in [1.807, 2.05) is 37.3 Å². The Morgan fingerprint density at radius 2 is 1.67 bits per heavy atom. The fourth-order valence-corrected chi connectivity index (χ4v) is 3.14. The first kappa shape index (κ1) is 23.5. The molecule has 172 valence electrons. The minimum atomic E-state index is -0.946. The highest BCUT2D eigenvalue weighted by molar-refractivity contribution is 6.05. The van der Waals surface area contributed by atoms with E-state index in [9.17, 15) is 19.2 Å². The smallest absolute Gasteiger partial charge is 0.408 e. The summed E-state index contributed by atoms with van der Waals surface area (Å²) in [7, 11) is 0. The van der Waals surface area contributed by atoms with E-state index in [0.717, 1.165) is 5.56 Å². The van der Waals surface area contributed by atoms with Crippen LogP contribution in [0, 0.1) is 5.92 Å². The number of ether oxygens (including phenoxy) is 1. The van der Waals surface area contributed by atoms with Crippen molar-refractivity contribution in [1.82, 2.24) is 26.4 Å². The Morgan fingerprint density at radius 1 is 1.00 bits per heavy atom. The normalized spacial score (nSPS) is 12.4. The molecule has 0 aliphatic rings. The number of carbonyl (C=O) groups is 3. The van der Waals surface area contributed by atoms with E-state index in [4.69, 9.17) is 4.74 Å². The third kappa shape index (κ3) is 5.94. The lowest BCUT2D eigenvalue weighted by molar-refractivity contribution is -0.125. The molecule has 10 heteroatoms.